The summed E-state index contributed by atoms with van der Waals surface area (Å²) in [6.07, 6.45) is 4.31. The summed E-state index contributed by atoms with van der Waals surface area (Å²) >= 11 is 0. The lowest BCUT2D eigenvalue weighted by molar-refractivity contribution is -0.189. The summed E-state index contributed by atoms with van der Waals surface area (Å²) in [5, 5.41) is 4.42. The molecule has 0 bridgehead atoms. The van der Waals surface area contributed by atoms with E-state index in [2.05, 4.69) is 144 Å². The van der Waals surface area contributed by atoms with Crippen LogP contribution in [0.15, 0.2) is 0 Å². The van der Waals surface area contributed by atoms with Crippen LogP contribution in [-0.4, -0.2) is 16.6 Å². The molecule has 0 aromatic heterocycles. The minimum absolute atomic E-state index is 0.0263. The third-order valence-corrected chi connectivity index (χ3v) is 8.57. The van der Waals surface area contributed by atoms with Crippen LogP contribution in [0.4, 0.5) is 0 Å². The molecule has 3 atom stereocenters. The molecular formula is C34H72N2. The van der Waals surface area contributed by atoms with Crippen molar-refractivity contribution in [3.05, 3.63) is 0 Å². The second-order valence-electron chi connectivity index (χ2n) is 19.4. The maximum atomic E-state index is 8.10. The molecule has 0 amide bonds. The fourth-order valence-corrected chi connectivity index (χ4v) is 7.63. The average molecular weight is 509 g/mol. The molecule has 3 unspecified atom stereocenters. The predicted molar refractivity (Wildman–Crippen MR) is 166 cm³/mol. The van der Waals surface area contributed by atoms with Crippen molar-refractivity contribution in [1.82, 2.24) is 5.32 Å². The number of hydrogen-bond acceptors (Lipinski definition) is 2. The molecule has 3 N–H and O–H groups in total. The first kappa shape index (κ1) is 35.9. The van der Waals surface area contributed by atoms with Crippen LogP contribution in [0, 0.1) is 38.4 Å². The summed E-state index contributed by atoms with van der Waals surface area (Å²) in [6.45, 7) is 48.4. The third-order valence-electron chi connectivity index (χ3n) is 8.57. The van der Waals surface area contributed by atoms with Crippen molar-refractivity contribution in [2.24, 2.45) is 44.1 Å². The maximum absolute atomic E-state index is 8.10. The molecule has 0 aliphatic rings. The summed E-state index contributed by atoms with van der Waals surface area (Å²) in [5.41, 5.74) is 7.63. The van der Waals surface area contributed by atoms with Crippen LogP contribution in [0.1, 0.15) is 164 Å². The highest BCUT2D eigenvalue weighted by Crippen LogP contribution is 2.68. The van der Waals surface area contributed by atoms with Gasteiger partial charge >= 0.3 is 0 Å². The first-order chi connectivity index (χ1) is 15.3. The number of nitrogens with two attached hydrogens (primary N) is 1. The Balaban J connectivity index is 8.36. The molecule has 0 heterocycles. The Kier molecular flexibility index (Phi) is 10.5. The Labute approximate surface area is 230 Å². The summed E-state index contributed by atoms with van der Waals surface area (Å²) in [6, 6.07) is 0. The first-order valence-electron chi connectivity index (χ1n) is 14.9. The second kappa shape index (κ2) is 10.5. The summed E-state index contributed by atoms with van der Waals surface area (Å²) < 4.78 is 0. The predicted octanol–water partition coefficient (Wildman–Crippen LogP) is 10.2. The van der Waals surface area contributed by atoms with Gasteiger partial charge in [0.25, 0.3) is 0 Å². The smallest absolute Gasteiger partial charge is 0.0313 e. The number of rotatable bonds is 8. The van der Waals surface area contributed by atoms with Crippen LogP contribution < -0.4 is 11.1 Å². The maximum Gasteiger partial charge on any atom is 0.0313 e. The molecule has 0 spiro atoms. The van der Waals surface area contributed by atoms with Gasteiger partial charge in [0, 0.05) is 22.0 Å². The van der Waals surface area contributed by atoms with Gasteiger partial charge in [0.05, 0.1) is 0 Å². The largest absolute Gasteiger partial charge is 0.324 e. The molecule has 0 aliphatic carbocycles. The molecule has 0 rings (SSSR count). The van der Waals surface area contributed by atoms with Crippen LogP contribution in [0.2, 0.25) is 0 Å². The van der Waals surface area contributed by atoms with Gasteiger partial charge in [0.15, 0.2) is 0 Å². The van der Waals surface area contributed by atoms with Crippen molar-refractivity contribution in [3.8, 4) is 0 Å². The minimum atomic E-state index is -0.389. The standard InChI is InChI=1S/C34H72N2/c1-25(2)32(35,23-27(6,7)8)33(29(12,13)14,24-28(9,10)11)34(30(15,16)17,36-31(18,19)20)22-21-26(3,4)5/h25,36H,21-24,35H2,1-20H3. The zero-order valence-corrected chi connectivity index (χ0v) is 29.0. The van der Waals surface area contributed by atoms with E-state index in [1.165, 1.54) is 0 Å². The van der Waals surface area contributed by atoms with E-state index < -0.39 is 0 Å². The molecule has 36 heavy (non-hydrogen) atoms. The van der Waals surface area contributed by atoms with E-state index in [0.29, 0.717) is 5.92 Å². The zero-order chi connectivity index (χ0) is 29.6. The van der Waals surface area contributed by atoms with Crippen molar-refractivity contribution in [2.45, 2.75) is 181 Å². The molecule has 0 saturated carbocycles. The molecule has 0 radical (unpaired) electrons. The summed E-state index contributed by atoms with van der Waals surface area (Å²) in [7, 11) is 0. The van der Waals surface area contributed by atoms with Crippen LogP contribution in [-0.2, 0) is 0 Å². The molecule has 2 heteroatoms. The number of nitrogens with one attached hydrogen (secondary N) is 1. The van der Waals surface area contributed by atoms with Gasteiger partial charge in [-0.2, -0.15) is 0 Å². The zero-order valence-electron chi connectivity index (χ0n) is 29.0. The quantitative estimate of drug-likeness (QED) is 0.342. The Hall–Kier alpha value is -0.0800. The highest BCUT2D eigenvalue weighted by Gasteiger charge is 2.71. The Morgan fingerprint density at radius 1 is 0.528 bits per heavy atom. The van der Waals surface area contributed by atoms with Crippen LogP contribution >= 0.6 is 0 Å². The molecule has 0 aromatic carbocycles. The highest BCUT2D eigenvalue weighted by atomic mass is 15.1. The topological polar surface area (TPSA) is 38.0 Å². The molecule has 0 aromatic rings. The van der Waals surface area contributed by atoms with Gasteiger partial charge in [-0.05, 0) is 79.4 Å². The second-order valence-corrected chi connectivity index (χ2v) is 19.4. The third kappa shape index (κ3) is 8.21. The minimum Gasteiger partial charge on any atom is -0.324 e. The van der Waals surface area contributed by atoms with Gasteiger partial charge in [-0.3, -0.25) is 0 Å². The van der Waals surface area contributed by atoms with Crippen LogP contribution in [0.5, 0.6) is 0 Å². The monoisotopic (exact) mass is 509 g/mol. The Bertz CT molecular complexity index is 690. The first-order valence-corrected chi connectivity index (χ1v) is 14.9. The SMILES string of the molecule is CC(C)C(N)(CC(C)(C)C)C(CC(C)(C)C)(C(C)(C)C)C(CCC(C)(C)C)(NC(C)(C)C)C(C)(C)C. The van der Waals surface area contributed by atoms with E-state index in [1.807, 2.05) is 0 Å². The van der Waals surface area contributed by atoms with Gasteiger partial charge in [0.2, 0.25) is 0 Å². The van der Waals surface area contributed by atoms with E-state index in [9.17, 15) is 0 Å². The van der Waals surface area contributed by atoms with Gasteiger partial charge < -0.3 is 11.1 Å². The molecule has 0 saturated heterocycles. The van der Waals surface area contributed by atoms with E-state index in [1.54, 1.807) is 0 Å². The normalized spacial score (nSPS) is 20.2. The fourth-order valence-electron chi connectivity index (χ4n) is 7.63. The molecular weight excluding hydrogens is 436 g/mol. The van der Waals surface area contributed by atoms with Crippen molar-refractivity contribution in [3.63, 3.8) is 0 Å². The molecule has 2 nitrogen and oxygen atoms in total. The van der Waals surface area contributed by atoms with Crippen LogP contribution in [0.25, 0.3) is 0 Å². The van der Waals surface area contributed by atoms with Gasteiger partial charge in [-0.1, -0.05) is 118 Å². The number of hydrogen-bond donors (Lipinski definition) is 2. The Morgan fingerprint density at radius 3 is 1.14 bits per heavy atom. The lowest BCUT2D eigenvalue weighted by Crippen LogP contribution is -2.82. The van der Waals surface area contributed by atoms with E-state index in [4.69, 9.17) is 5.73 Å². The van der Waals surface area contributed by atoms with Gasteiger partial charge in [-0.25, -0.2) is 0 Å². The lowest BCUT2D eigenvalue weighted by Gasteiger charge is -2.73. The van der Waals surface area contributed by atoms with Gasteiger partial charge in [0.1, 0.15) is 0 Å². The fraction of sp³-hybridized carbons (Fsp3) is 1.00. The van der Waals surface area contributed by atoms with Crippen molar-refractivity contribution in [1.29, 1.82) is 0 Å². The average Bonchev–Trinajstić information content (AvgIpc) is 2.49. The lowest BCUT2D eigenvalue weighted by atomic mass is 9.36. The molecule has 218 valence electrons. The van der Waals surface area contributed by atoms with Gasteiger partial charge in [-0.15, -0.1) is 0 Å². The summed E-state index contributed by atoms with van der Waals surface area (Å²) in [5.74, 6) is 0.330. The van der Waals surface area contributed by atoms with E-state index in [0.717, 1.165) is 25.7 Å². The molecule has 0 fully saturated rings. The van der Waals surface area contributed by atoms with Crippen LogP contribution in [0.3, 0.4) is 0 Å². The van der Waals surface area contributed by atoms with E-state index in [-0.39, 0.29) is 49.1 Å². The molecule has 0 aliphatic heterocycles. The highest BCUT2D eigenvalue weighted by molar-refractivity contribution is 5.26. The summed E-state index contributed by atoms with van der Waals surface area (Å²) in [4.78, 5) is 0. The van der Waals surface area contributed by atoms with Crippen molar-refractivity contribution in [2.75, 3.05) is 0 Å². The van der Waals surface area contributed by atoms with Crippen molar-refractivity contribution < 1.29 is 0 Å². The van der Waals surface area contributed by atoms with E-state index >= 15 is 0 Å². The van der Waals surface area contributed by atoms with Crippen molar-refractivity contribution >= 4 is 0 Å². The Morgan fingerprint density at radius 2 is 0.917 bits per heavy atom.